The van der Waals surface area contributed by atoms with Crippen molar-refractivity contribution in [2.45, 2.75) is 50.4 Å². The highest BCUT2D eigenvalue weighted by Gasteiger charge is 2.32. The molecule has 1 rings (SSSR count). The van der Waals surface area contributed by atoms with Crippen LogP contribution in [0.5, 0.6) is 0 Å². The molecule has 0 aliphatic carbocycles. The molecule has 0 spiro atoms. The van der Waals surface area contributed by atoms with Crippen LogP contribution in [0.15, 0.2) is 12.7 Å². The van der Waals surface area contributed by atoms with Crippen molar-refractivity contribution in [2.24, 2.45) is 0 Å². The quantitative estimate of drug-likeness (QED) is 0.434. The second kappa shape index (κ2) is 3.57. The minimum atomic E-state index is -0.812. The third-order valence-corrected chi connectivity index (χ3v) is 7.56. The number of hydrogen-bond acceptors (Lipinski definition) is 0. The topological polar surface area (TPSA) is 0 Å². The third kappa shape index (κ3) is 2.19. The number of allylic oxidation sites excluding steroid dienone is 1. The van der Waals surface area contributed by atoms with Gasteiger partial charge in [0.1, 0.15) is 0 Å². The van der Waals surface area contributed by atoms with Crippen LogP contribution in [0.2, 0.25) is 24.7 Å². The first-order valence-electron chi connectivity index (χ1n) is 4.78. The molecule has 0 radical (unpaired) electrons. The fraction of sp³-hybridized carbons (Fsp3) is 0.800. The molecule has 0 aromatic rings. The van der Waals surface area contributed by atoms with E-state index in [4.69, 9.17) is 0 Å². The lowest BCUT2D eigenvalue weighted by atomic mass is 10.1. The molecule has 0 saturated carbocycles. The summed E-state index contributed by atoms with van der Waals surface area (Å²) < 4.78 is 0. The average molecular weight is 168 g/mol. The van der Waals surface area contributed by atoms with Gasteiger partial charge in [0.25, 0.3) is 0 Å². The van der Waals surface area contributed by atoms with Gasteiger partial charge in [-0.2, -0.15) is 0 Å². The highest BCUT2D eigenvalue weighted by molar-refractivity contribution is 6.79. The van der Waals surface area contributed by atoms with Crippen molar-refractivity contribution in [3.63, 3.8) is 0 Å². The average Bonchev–Trinajstić information content (AvgIpc) is 1.94. The summed E-state index contributed by atoms with van der Waals surface area (Å²) >= 11 is 0. The smallest absolute Gasteiger partial charge is 0.0507 e. The lowest BCUT2D eigenvalue weighted by molar-refractivity contribution is 0.610. The molecule has 1 saturated heterocycles. The first kappa shape index (κ1) is 9.05. The van der Waals surface area contributed by atoms with E-state index in [2.05, 4.69) is 25.7 Å². The minimum Gasteiger partial charge on any atom is -0.103 e. The van der Waals surface area contributed by atoms with E-state index in [0.717, 1.165) is 5.54 Å². The Hall–Kier alpha value is -0.0431. The zero-order valence-electron chi connectivity index (χ0n) is 7.90. The molecule has 0 aromatic heterocycles. The highest BCUT2D eigenvalue weighted by Crippen LogP contribution is 2.39. The molecule has 1 heterocycles. The maximum atomic E-state index is 3.84. The van der Waals surface area contributed by atoms with Gasteiger partial charge in [0.15, 0.2) is 0 Å². The lowest BCUT2D eigenvalue weighted by Gasteiger charge is -2.36. The highest BCUT2D eigenvalue weighted by atomic mass is 28.3. The predicted octanol–water partition coefficient (Wildman–Crippen LogP) is 3.83. The summed E-state index contributed by atoms with van der Waals surface area (Å²) in [5, 5.41) is 0. The molecular weight excluding hydrogens is 148 g/mol. The molecule has 0 bridgehead atoms. The zero-order valence-corrected chi connectivity index (χ0v) is 8.90. The van der Waals surface area contributed by atoms with Crippen LogP contribution in [-0.4, -0.2) is 8.07 Å². The molecule has 1 heteroatoms. The molecule has 1 atom stereocenters. The fourth-order valence-corrected chi connectivity index (χ4v) is 5.56. The molecule has 0 nitrogen and oxygen atoms in total. The molecule has 0 N–H and O–H groups in total. The van der Waals surface area contributed by atoms with Crippen LogP contribution in [-0.2, 0) is 0 Å². The standard InChI is InChI=1S/C10H20Si/c1-4-7-10-8-5-6-9-11(10,2)3/h4,10H,1,5-9H2,2-3H3. The maximum Gasteiger partial charge on any atom is 0.0507 e. The first-order valence-corrected chi connectivity index (χ1v) is 8.06. The van der Waals surface area contributed by atoms with E-state index in [1.165, 1.54) is 25.7 Å². The van der Waals surface area contributed by atoms with Gasteiger partial charge < -0.3 is 0 Å². The minimum absolute atomic E-state index is 0.812. The van der Waals surface area contributed by atoms with Crippen LogP contribution < -0.4 is 0 Å². The zero-order chi connectivity index (χ0) is 8.32. The monoisotopic (exact) mass is 168 g/mol. The van der Waals surface area contributed by atoms with Gasteiger partial charge in [-0.25, -0.2) is 0 Å². The van der Waals surface area contributed by atoms with Gasteiger partial charge in [0.2, 0.25) is 0 Å². The molecule has 64 valence electrons. The van der Waals surface area contributed by atoms with Gasteiger partial charge in [-0.15, -0.1) is 6.58 Å². The van der Waals surface area contributed by atoms with Crippen LogP contribution in [0, 0.1) is 0 Å². The summed E-state index contributed by atoms with van der Waals surface area (Å²) in [5.41, 5.74) is 1.04. The fourth-order valence-electron chi connectivity index (χ4n) is 2.20. The van der Waals surface area contributed by atoms with Crippen molar-refractivity contribution < 1.29 is 0 Å². The summed E-state index contributed by atoms with van der Waals surface area (Å²) in [6, 6.07) is 1.55. The molecule has 0 amide bonds. The Morgan fingerprint density at radius 1 is 1.45 bits per heavy atom. The van der Waals surface area contributed by atoms with Crippen LogP contribution in [0.1, 0.15) is 25.7 Å². The summed E-state index contributed by atoms with van der Waals surface area (Å²) in [4.78, 5) is 0. The van der Waals surface area contributed by atoms with Crippen molar-refractivity contribution in [1.29, 1.82) is 0 Å². The molecular formula is C10H20Si. The first-order chi connectivity index (χ1) is 5.17. The van der Waals surface area contributed by atoms with Gasteiger partial charge in [-0.3, -0.25) is 0 Å². The van der Waals surface area contributed by atoms with Crippen molar-refractivity contribution in [2.75, 3.05) is 0 Å². The van der Waals surface area contributed by atoms with Crippen molar-refractivity contribution in [3.8, 4) is 0 Å². The second-order valence-electron chi connectivity index (χ2n) is 4.46. The summed E-state index contributed by atoms with van der Waals surface area (Å²) in [6.45, 7) is 8.93. The van der Waals surface area contributed by atoms with Crippen molar-refractivity contribution in [1.82, 2.24) is 0 Å². The van der Waals surface area contributed by atoms with Gasteiger partial charge >= 0.3 is 0 Å². The lowest BCUT2D eigenvalue weighted by Crippen LogP contribution is -2.34. The van der Waals surface area contributed by atoms with E-state index in [1.807, 2.05) is 0 Å². The molecule has 1 aliphatic rings. The maximum absolute atomic E-state index is 3.84. The van der Waals surface area contributed by atoms with E-state index < -0.39 is 8.07 Å². The number of hydrogen-bond donors (Lipinski definition) is 0. The van der Waals surface area contributed by atoms with Crippen LogP contribution in [0.3, 0.4) is 0 Å². The van der Waals surface area contributed by atoms with E-state index in [9.17, 15) is 0 Å². The van der Waals surface area contributed by atoms with Crippen LogP contribution >= 0.6 is 0 Å². The van der Waals surface area contributed by atoms with Gasteiger partial charge in [-0.05, 0) is 12.0 Å². The molecule has 1 fully saturated rings. The van der Waals surface area contributed by atoms with E-state index in [-0.39, 0.29) is 0 Å². The van der Waals surface area contributed by atoms with E-state index in [1.54, 1.807) is 6.04 Å². The van der Waals surface area contributed by atoms with Gasteiger partial charge in [-0.1, -0.05) is 44.5 Å². The normalized spacial score (nSPS) is 29.8. The summed E-state index contributed by atoms with van der Waals surface area (Å²) in [5.74, 6) is 0. The predicted molar refractivity (Wildman–Crippen MR) is 54.7 cm³/mol. The van der Waals surface area contributed by atoms with Crippen LogP contribution in [0.25, 0.3) is 0 Å². The Morgan fingerprint density at radius 3 is 2.73 bits per heavy atom. The van der Waals surface area contributed by atoms with E-state index in [0.29, 0.717) is 0 Å². The Kier molecular flexibility index (Phi) is 2.94. The van der Waals surface area contributed by atoms with E-state index >= 15 is 0 Å². The van der Waals surface area contributed by atoms with Gasteiger partial charge in [0, 0.05) is 0 Å². The Labute approximate surface area is 71.7 Å². The number of rotatable bonds is 2. The Morgan fingerprint density at radius 2 is 2.18 bits per heavy atom. The largest absolute Gasteiger partial charge is 0.103 e. The molecule has 1 unspecified atom stereocenters. The van der Waals surface area contributed by atoms with Crippen LogP contribution in [0.4, 0.5) is 0 Å². The van der Waals surface area contributed by atoms with Gasteiger partial charge in [0.05, 0.1) is 8.07 Å². The van der Waals surface area contributed by atoms with Crippen molar-refractivity contribution in [3.05, 3.63) is 12.7 Å². The molecule has 0 aromatic carbocycles. The Balaban J connectivity index is 2.52. The molecule has 11 heavy (non-hydrogen) atoms. The van der Waals surface area contributed by atoms with Crippen molar-refractivity contribution >= 4 is 8.07 Å². The third-order valence-electron chi connectivity index (χ3n) is 3.18. The summed E-state index contributed by atoms with van der Waals surface area (Å²) in [6.07, 6.45) is 7.83. The summed E-state index contributed by atoms with van der Waals surface area (Å²) in [7, 11) is -0.812. The SMILES string of the molecule is C=CCC1CCCC[Si]1(C)C. The second-order valence-corrected chi connectivity index (χ2v) is 9.75. The molecule has 1 aliphatic heterocycles. The Bertz CT molecular complexity index is 138.